The fourth-order valence-corrected chi connectivity index (χ4v) is 3.78. The Bertz CT molecular complexity index is 500. The first-order chi connectivity index (χ1) is 8.28. The van der Waals surface area contributed by atoms with Crippen LogP contribution in [-0.4, -0.2) is 25.7 Å². The van der Waals surface area contributed by atoms with Gasteiger partial charge in [-0.3, -0.25) is 0 Å². The molecule has 2 N–H and O–H groups in total. The number of aliphatic hydroxyl groups is 1. The molecule has 0 radical (unpaired) electrons. The van der Waals surface area contributed by atoms with Crippen molar-refractivity contribution < 1.29 is 13.5 Å². The van der Waals surface area contributed by atoms with Gasteiger partial charge < -0.3 is 5.11 Å². The highest BCUT2D eigenvalue weighted by atomic mass is 79.9. The molecular formula is C12H18BrNO3S. The van der Waals surface area contributed by atoms with E-state index >= 15 is 0 Å². The lowest BCUT2D eigenvalue weighted by molar-refractivity contribution is 0.0554. The van der Waals surface area contributed by atoms with E-state index in [1.807, 2.05) is 6.92 Å². The molecule has 0 aliphatic rings. The Morgan fingerprint density at radius 1 is 1.39 bits per heavy atom. The molecule has 1 aromatic carbocycles. The van der Waals surface area contributed by atoms with Crippen molar-refractivity contribution in [2.24, 2.45) is 0 Å². The molecule has 0 saturated heterocycles. The Morgan fingerprint density at radius 2 is 2.00 bits per heavy atom. The van der Waals surface area contributed by atoms with Gasteiger partial charge in [-0.15, -0.1) is 0 Å². The first-order valence-electron chi connectivity index (χ1n) is 5.75. The van der Waals surface area contributed by atoms with Crippen LogP contribution in [0.1, 0.15) is 26.7 Å². The van der Waals surface area contributed by atoms with Crippen molar-refractivity contribution in [1.29, 1.82) is 0 Å². The molecule has 0 aromatic heterocycles. The predicted octanol–water partition coefficient (Wildman–Crippen LogP) is 2.28. The van der Waals surface area contributed by atoms with Crippen molar-refractivity contribution in [3.63, 3.8) is 0 Å². The summed E-state index contributed by atoms with van der Waals surface area (Å²) in [4.78, 5) is 0.178. The largest absolute Gasteiger partial charge is 0.389 e. The number of sulfonamides is 1. The van der Waals surface area contributed by atoms with E-state index in [1.165, 1.54) is 6.07 Å². The maximum absolute atomic E-state index is 12.1. The van der Waals surface area contributed by atoms with Gasteiger partial charge in [0.15, 0.2) is 0 Å². The van der Waals surface area contributed by atoms with Gasteiger partial charge in [-0.25, -0.2) is 13.1 Å². The van der Waals surface area contributed by atoms with E-state index < -0.39 is 15.6 Å². The van der Waals surface area contributed by atoms with Crippen molar-refractivity contribution >= 4 is 26.0 Å². The standard InChI is InChI=1S/C12H18BrNO3S/c1-3-8-12(2,15)9-14-18(16,17)11-7-5-4-6-10(11)13/h4-7,14-15H,3,8-9H2,1-2H3. The number of hydrogen-bond acceptors (Lipinski definition) is 3. The molecule has 0 heterocycles. The molecule has 0 fully saturated rings. The van der Waals surface area contributed by atoms with Crippen LogP contribution in [0.3, 0.4) is 0 Å². The lowest BCUT2D eigenvalue weighted by Crippen LogP contribution is -2.40. The van der Waals surface area contributed by atoms with Crippen molar-refractivity contribution in [1.82, 2.24) is 4.72 Å². The molecule has 0 bridgehead atoms. The van der Waals surface area contributed by atoms with Crippen molar-refractivity contribution in [2.45, 2.75) is 37.2 Å². The van der Waals surface area contributed by atoms with Crippen molar-refractivity contribution in [3.8, 4) is 0 Å². The zero-order valence-electron chi connectivity index (χ0n) is 10.5. The van der Waals surface area contributed by atoms with E-state index in [4.69, 9.17) is 0 Å². The predicted molar refractivity (Wildman–Crippen MR) is 74.9 cm³/mol. The van der Waals surface area contributed by atoms with Gasteiger partial charge in [0.1, 0.15) is 0 Å². The molecule has 0 amide bonds. The molecule has 0 aliphatic heterocycles. The van der Waals surface area contributed by atoms with Crippen molar-refractivity contribution in [2.75, 3.05) is 6.54 Å². The zero-order valence-corrected chi connectivity index (χ0v) is 12.9. The molecule has 6 heteroatoms. The number of nitrogens with one attached hydrogen (secondary N) is 1. The Balaban J connectivity index is 2.81. The fraction of sp³-hybridized carbons (Fsp3) is 0.500. The third kappa shape index (κ3) is 4.35. The molecule has 0 spiro atoms. The second-order valence-electron chi connectivity index (χ2n) is 4.50. The van der Waals surface area contributed by atoms with Crippen LogP contribution in [0, 0.1) is 0 Å². The minimum absolute atomic E-state index is 0.00447. The first-order valence-corrected chi connectivity index (χ1v) is 8.03. The molecule has 1 aromatic rings. The van der Waals surface area contributed by atoms with Crippen LogP contribution in [0.2, 0.25) is 0 Å². The first kappa shape index (κ1) is 15.6. The summed E-state index contributed by atoms with van der Waals surface area (Å²) in [6.45, 7) is 3.57. The molecule has 18 heavy (non-hydrogen) atoms. The van der Waals surface area contributed by atoms with E-state index in [0.29, 0.717) is 10.9 Å². The Labute approximate surface area is 117 Å². The molecule has 1 atom stereocenters. The lowest BCUT2D eigenvalue weighted by atomic mass is 10.0. The van der Waals surface area contributed by atoms with Crippen LogP contribution in [-0.2, 0) is 10.0 Å². The maximum Gasteiger partial charge on any atom is 0.241 e. The number of halogens is 1. The summed E-state index contributed by atoms with van der Waals surface area (Å²) in [5, 5.41) is 9.96. The van der Waals surface area contributed by atoms with Crippen molar-refractivity contribution in [3.05, 3.63) is 28.7 Å². The Morgan fingerprint density at radius 3 is 2.56 bits per heavy atom. The smallest absolute Gasteiger partial charge is 0.241 e. The van der Waals surface area contributed by atoms with Gasteiger partial charge in [0.2, 0.25) is 10.0 Å². The van der Waals surface area contributed by atoms with Gasteiger partial charge in [0, 0.05) is 11.0 Å². The Kier molecular flexibility index (Phi) is 5.33. The van der Waals surface area contributed by atoms with E-state index in [-0.39, 0.29) is 11.4 Å². The molecule has 1 rings (SSSR count). The maximum atomic E-state index is 12.1. The number of benzene rings is 1. The quantitative estimate of drug-likeness (QED) is 0.838. The van der Waals surface area contributed by atoms with E-state index in [1.54, 1.807) is 25.1 Å². The van der Waals surface area contributed by atoms with Gasteiger partial charge in [0.25, 0.3) is 0 Å². The summed E-state index contributed by atoms with van der Waals surface area (Å²) in [5.74, 6) is 0. The monoisotopic (exact) mass is 335 g/mol. The molecular weight excluding hydrogens is 318 g/mol. The summed E-state index contributed by atoms with van der Waals surface area (Å²) in [6.07, 6.45) is 1.34. The average molecular weight is 336 g/mol. The summed E-state index contributed by atoms with van der Waals surface area (Å²) in [5.41, 5.74) is -1.02. The molecule has 102 valence electrons. The summed E-state index contributed by atoms with van der Waals surface area (Å²) < 4.78 is 27.0. The summed E-state index contributed by atoms with van der Waals surface area (Å²) in [7, 11) is -3.60. The normalized spacial score (nSPS) is 15.3. The van der Waals surface area contributed by atoms with E-state index in [2.05, 4.69) is 20.7 Å². The van der Waals surface area contributed by atoms with Crippen LogP contribution >= 0.6 is 15.9 Å². The third-order valence-corrected chi connectivity index (χ3v) is 4.97. The topological polar surface area (TPSA) is 66.4 Å². The van der Waals surface area contributed by atoms with Gasteiger partial charge >= 0.3 is 0 Å². The highest BCUT2D eigenvalue weighted by molar-refractivity contribution is 9.10. The van der Waals surface area contributed by atoms with Crippen LogP contribution < -0.4 is 4.72 Å². The van der Waals surface area contributed by atoms with Crippen LogP contribution in [0.4, 0.5) is 0 Å². The van der Waals surface area contributed by atoms with Gasteiger partial charge in [-0.1, -0.05) is 25.5 Å². The van der Waals surface area contributed by atoms with Gasteiger partial charge in [-0.05, 0) is 41.4 Å². The second-order valence-corrected chi connectivity index (χ2v) is 7.09. The second kappa shape index (κ2) is 6.14. The van der Waals surface area contributed by atoms with Crippen LogP contribution in [0.25, 0.3) is 0 Å². The van der Waals surface area contributed by atoms with E-state index in [9.17, 15) is 13.5 Å². The molecule has 4 nitrogen and oxygen atoms in total. The highest BCUT2D eigenvalue weighted by Crippen LogP contribution is 2.21. The minimum Gasteiger partial charge on any atom is -0.389 e. The van der Waals surface area contributed by atoms with Crippen LogP contribution in [0.15, 0.2) is 33.6 Å². The zero-order chi connectivity index (χ0) is 13.8. The SMILES string of the molecule is CCCC(C)(O)CNS(=O)(=O)c1ccccc1Br. The molecule has 1 unspecified atom stereocenters. The lowest BCUT2D eigenvalue weighted by Gasteiger charge is -2.23. The number of rotatable bonds is 6. The number of hydrogen-bond donors (Lipinski definition) is 2. The fourth-order valence-electron chi connectivity index (χ4n) is 1.62. The third-order valence-electron chi connectivity index (χ3n) is 2.56. The summed E-state index contributed by atoms with van der Waals surface area (Å²) >= 11 is 3.20. The van der Waals surface area contributed by atoms with Crippen LogP contribution in [0.5, 0.6) is 0 Å². The molecule has 0 aliphatic carbocycles. The Hall–Kier alpha value is -0.430. The minimum atomic E-state index is -3.60. The average Bonchev–Trinajstić information content (AvgIpc) is 2.27. The molecule has 0 saturated carbocycles. The van der Waals surface area contributed by atoms with Gasteiger partial charge in [0.05, 0.1) is 10.5 Å². The van der Waals surface area contributed by atoms with E-state index in [0.717, 1.165) is 6.42 Å². The summed E-state index contributed by atoms with van der Waals surface area (Å²) in [6, 6.07) is 6.58. The highest BCUT2D eigenvalue weighted by Gasteiger charge is 2.24. The van der Waals surface area contributed by atoms with Gasteiger partial charge in [-0.2, -0.15) is 0 Å².